The van der Waals surface area contributed by atoms with Crippen molar-refractivity contribution in [2.45, 2.75) is 19.9 Å². The Morgan fingerprint density at radius 3 is 2.62 bits per heavy atom. The largest absolute Gasteiger partial charge is 0.344 e. The highest BCUT2D eigenvalue weighted by Crippen LogP contribution is 2.07. The van der Waals surface area contributed by atoms with Gasteiger partial charge in [0.05, 0.1) is 17.4 Å². The molecule has 1 rings (SSSR count). The maximum Gasteiger partial charge on any atom is 0.244 e. The van der Waals surface area contributed by atoms with Crippen molar-refractivity contribution in [3.05, 3.63) is 17.4 Å². The maximum absolute atomic E-state index is 11.7. The van der Waals surface area contributed by atoms with Gasteiger partial charge in [-0.3, -0.25) is 4.79 Å². The number of rotatable bonds is 4. The molecule has 0 aliphatic heterocycles. The third kappa shape index (κ3) is 3.34. The van der Waals surface area contributed by atoms with Gasteiger partial charge in [0.2, 0.25) is 11.9 Å². The highest BCUT2D eigenvalue weighted by Gasteiger charge is 2.16. The lowest BCUT2D eigenvalue weighted by Crippen LogP contribution is -2.39. The van der Waals surface area contributed by atoms with E-state index in [1.54, 1.807) is 18.9 Å². The Balaban J connectivity index is 2.60. The molecular weight excluding hydrogens is 228 g/mol. The van der Waals surface area contributed by atoms with Crippen molar-refractivity contribution in [3.8, 4) is 0 Å². The average molecular weight is 243 g/mol. The fraction of sp³-hybridized carbons (Fsp3) is 0.500. The molecule has 0 radical (unpaired) electrons. The zero-order valence-electron chi connectivity index (χ0n) is 9.57. The van der Waals surface area contributed by atoms with Gasteiger partial charge in [-0.25, -0.2) is 9.97 Å². The quantitative estimate of drug-likeness (QED) is 0.867. The summed E-state index contributed by atoms with van der Waals surface area (Å²) in [7, 11) is 1.75. The number of hydrogen-bond acceptors (Lipinski definition) is 4. The van der Waals surface area contributed by atoms with Gasteiger partial charge in [-0.05, 0) is 13.8 Å². The molecule has 1 N–H and O–H groups in total. The monoisotopic (exact) mass is 242 g/mol. The van der Waals surface area contributed by atoms with Crippen LogP contribution in [0.2, 0.25) is 5.02 Å². The van der Waals surface area contributed by atoms with Crippen LogP contribution in [0.25, 0.3) is 0 Å². The number of halogens is 1. The van der Waals surface area contributed by atoms with Crippen LogP contribution in [0.4, 0.5) is 5.95 Å². The molecule has 0 aliphatic carbocycles. The Morgan fingerprint density at radius 1 is 1.56 bits per heavy atom. The number of carbonyl (C=O) groups excluding carboxylic acids is 1. The predicted molar refractivity (Wildman–Crippen MR) is 63.4 cm³/mol. The number of aromatic nitrogens is 2. The average Bonchev–Trinajstić information content (AvgIpc) is 2.30. The molecule has 1 aromatic rings. The van der Waals surface area contributed by atoms with Crippen LogP contribution in [0.5, 0.6) is 0 Å². The first-order valence-corrected chi connectivity index (χ1v) is 5.41. The zero-order chi connectivity index (χ0) is 12.1. The normalized spacial score (nSPS) is 12.0. The number of carbonyl (C=O) groups is 1. The lowest BCUT2D eigenvalue weighted by Gasteiger charge is -2.20. The fourth-order valence-electron chi connectivity index (χ4n) is 1.13. The number of nitrogens with zero attached hydrogens (tertiary/aromatic N) is 3. The van der Waals surface area contributed by atoms with Gasteiger partial charge >= 0.3 is 0 Å². The second-order valence-electron chi connectivity index (χ2n) is 3.44. The lowest BCUT2D eigenvalue weighted by atomic mass is 10.3. The van der Waals surface area contributed by atoms with Crippen molar-refractivity contribution >= 4 is 23.5 Å². The molecule has 88 valence electrons. The van der Waals surface area contributed by atoms with Gasteiger partial charge < -0.3 is 10.2 Å². The van der Waals surface area contributed by atoms with Crippen LogP contribution in [-0.4, -0.2) is 40.4 Å². The van der Waals surface area contributed by atoms with E-state index in [2.05, 4.69) is 15.3 Å². The maximum atomic E-state index is 11.7. The molecule has 0 spiro atoms. The van der Waals surface area contributed by atoms with E-state index in [-0.39, 0.29) is 11.9 Å². The Morgan fingerprint density at radius 2 is 2.12 bits per heavy atom. The van der Waals surface area contributed by atoms with Crippen LogP contribution in [0.1, 0.15) is 13.8 Å². The van der Waals surface area contributed by atoms with E-state index >= 15 is 0 Å². The van der Waals surface area contributed by atoms with Crippen LogP contribution < -0.4 is 5.32 Å². The molecule has 6 heteroatoms. The first-order valence-electron chi connectivity index (χ1n) is 5.03. The molecule has 0 aromatic carbocycles. The van der Waals surface area contributed by atoms with Crippen LogP contribution >= 0.6 is 11.6 Å². The number of anilines is 1. The molecule has 1 aromatic heterocycles. The van der Waals surface area contributed by atoms with Gasteiger partial charge in [-0.15, -0.1) is 0 Å². The Labute approximate surface area is 99.8 Å². The van der Waals surface area contributed by atoms with Crippen LogP contribution in [0, 0.1) is 0 Å². The summed E-state index contributed by atoms with van der Waals surface area (Å²) < 4.78 is 0. The molecule has 1 atom stereocenters. The second-order valence-corrected chi connectivity index (χ2v) is 3.88. The van der Waals surface area contributed by atoms with Gasteiger partial charge in [0.1, 0.15) is 6.04 Å². The zero-order valence-corrected chi connectivity index (χ0v) is 10.3. The molecule has 0 saturated carbocycles. The lowest BCUT2D eigenvalue weighted by molar-refractivity contribution is -0.130. The summed E-state index contributed by atoms with van der Waals surface area (Å²) in [4.78, 5) is 21.3. The van der Waals surface area contributed by atoms with Gasteiger partial charge in [-0.2, -0.15) is 0 Å². The topological polar surface area (TPSA) is 58.1 Å². The molecule has 1 amide bonds. The first-order chi connectivity index (χ1) is 7.54. The SMILES string of the molecule is CCN(C)C(=O)C(C)Nc1ncc(Cl)cn1. The predicted octanol–water partition coefficient (Wildman–Crippen LogP) is 1.41. The summed E-state index contributed by atoms with van der Waals surface area (Å²) in [5, 5.41) is 3.38. The van der Waals surface area contributed by atoms with E-state index in [1.165, 1.54) is 12.4 Å². The standard InChI is InChI=1S/C10H15ClN4O/c1-4-15(3)9(16)7(2)14-10-12-5-8(11)6-13-10/h5-7H,4H2,1-3H3,(H,12,13,14). The third-order valence-corrected chi connectivity index (χ3v) is 2.38. The van der Waals surface area contributed by atoms with Crippen LogP contribution in [-0.2, 0) is 4.79 Å². The van der Waals surface area contributed by atoms with Gasteiger partial charge in [0.15, 0.2) is 0 Å². The van der Waals surface area contributed by atoms with Crippen molar-refractivity contribution in [1.82, 2.24) is 14.9 Å². The highest BCUT2D eigenvalue weighted by atomic mass is 35.5. The van der Waals surface area contributed by atoms with Gasteiger partial charge in [-0.1, -0.05) is 11.6 Å². The number of nitrogens with one attached hydrogen (secondary N) is 1. The van der Waals surface area contributed by atoms with Crippen LogP contribution in [0.3, 0.4) is 0 Å². The molecule has 5 nitrogen and oxygen atoms in total. The molecule has 0 saturated heterocycles. The van der Waals surface area contributed by atoms with E-state index in [0.29, 0.717) is 17.5 Å². The Hall–Kier alpha value is -1.36. The Kier molecular flexibility index (Phi) is 4.49. The number of hydrogen-bond donors (Lipinski definition) is 1. The highest BCUT2D eigenvalue weighted by molar-refractivity contribution is 6.30. The van der Waals surface area contributed by atoms with Gasteiger partial charge in [0, 0.05) is 13.6 Å². The van der Waals surface area contributed by atoms with Crippen LogP contribution in [0.15, 0.2) is 12.4 Å². The summed E-state index contributed by atoms with van der Waals surface area (Å²) in [6.07, 6.45) is 2.97. The van der Waals surface area contributed by atoms with Gasteiger partial charge in [0.25, 0.3) is 0 Å². The summed E-state index contributed by atoms with van der Waals surface area (Å²) in [6, 6.07) is -0.355. The molecular formula is C10H15ClN4O. The molecule has 1 heterocycles. The molecule has 1 unspecified atom stereocenters. The molecule has 0 bridgehead atoms. The van der Waals surface area contributed by atoms with Crippen molar-refractivity contribution < 1.29 is 4.79 Å². The van der Waals surface area contributed by atoms with E-state index in [4.69, 9.17) is 11.6 Å². The summed E-state index contributed by atoms with van der Waals surface area (Å²) in [5.41, 5.74) is 0. The minimum absolute atomic E-state index is 0.000972. The van der Waals surface area contributed by atoms with Crippen molar-refractivity contribution in [2.24, 2.45) is 0 Å². The smallest absolute Gasteiger partial charge is 0.244 e. The van der Waals surface area contributed by atoms with E-state index in [1.807, 2.05) is 6.92 Å². The number of likely N-dealkylation sites (N-methyl/N-ethyl adjacent to an activating group) is 1. The van der Waals surface area contributed by atoms with E-state index in [9.17, 15) is 4.79 Å². The molecule has 16 heavy (non-hydrogen) atoms. The summed E-state index contributed by atoms with van der Waals surface area (Å²) in [6.45, 7) is 4.36. The van der Waals surface area contributed by atoms with Crippen molar-refractivity contribution in [3.63, 3.8) is 0 Å². The van der Waals surface area contributed by atoms with Crippen molar-refractivity contribution in [1.29, 1.82) is 0 Å². The number of amides is 1. The minimum Gasteiger partial charge on any atom is -0.344 e. The van der Waals surface area contributed by atoms with E-state index in [0.717, 1.165) is 0 Å². The second kappa shape index (κ2) is 5.65. The minimum atomic E-state index is -0.355. The first kappa shape index (κ1) is 12.7. The Bertz CT molecular complexity index is 354. The third-order valence-electron chi connectivity index (χ3n) is 2.19. The summed E-state index contributed by atoms with van der Waals surface area (Å²) >= 11 is 5.66. The van der Waals surface area contributed by atoms with Crippen molar-refractivity contribution in [2.75, 3.05) is 18.9 Å². The molecule has 0 aliphatic rings. The molecule has 0 fully saturated rings. The summed E-state index contributed by atoms with van der Waals surface area (Å²) in [5.74, 6) is 0.399. The van der Waals surface area contributed by atoms with E-state index < -0.39 is 0 Å². The fourth-order valence-corrected chi connectivity index (χ4v) is 1.23.